The average molecular weight is 455 g/mol. The second kappa shape index (κ2) is 9.39. The number of carbonyl (C=O) groups is 1. The van der Waals surface area contributed by atoms with Gasteiger partial charge in [0.1, 0.15) is 11.2 Å². The molecule has 6 nitrogen and oxygen atoms in total. The fraction of sp³-hybridized carbons (Fsp3) is 0.538. The van der Waals surface area contributed by atoms with E-state index < -0.39 is 5.67 Å². The number of hydrogen-bond donors (Lipinski definition) is 0. The molecular formula is C26H35FN4O2. The first-order valence-electron chi connectivity index (χ1n) is 11.7. The molecule has 1 fully saturated rings. The molecule has 2 aliphatic heterocycles. The highest BCUT2D eigenvalue weighted by Crippen LogP contribution is 2.22. The number of esters is 1. The molecule has 0 saturated carbocycles. The molecule has 0 amide bonds. The number of hydrogen-bond acceptors (Lipinski definition) is 5. The van der Waals surface area contributed by atoms with Gasteiger partial charge in [-0.15, -0.1) is 0 Å². The minimum absolute atomic E-state index is 0.262. The first-order valence-corrected chi connectivity index (χ1v) is 11.7. The van der Waals surface area contributed by atoms with Crippen molar-refractivity contribution in [3.63, 3.8) is 0 Å². The maximum Gasteiger partial charge on any atom is 0.337 e. The van der Waals surface area contributed by atoms with Gasteiger partial charge in [-0.25, -0.2) is 9.18 Å². The smallest absolute Gasteiger partial charge is 0.337 e. The van der Waals surface area contributed by atoms with Gasteiger partial charge in [0.05, 0.1) is 19.2 Å². The summed E-state index contributed by atoms with van der Waals surface area (Å²) in [6.07, 6.45) is 4.40. The summed E-state index contributed by atoms with van der Waals surface area (Å²) < 4.78 is 21.2. The zero-order chi connectivity index (χ0) is 23.8. The fourth-order valence-corrected chi connectivity index (χ4v) is 5.06. The molecule has 2 aromatic rings. The summed E-state index contributed by atoms with van der Waals surface area (Å²) in [5.74, 6) is -0.326. The van der Waals surface area contributed by atoms with Crippen LogP contribution in [0.3, 0.4) is 0 Å². The van der Waals surface area contributed by atoms with E-state index in [9.17, 15) is 9.18 Å². The van der Waals surface area contributed by atoms with E-state index >= 15 is 0 Å². The summed E-state index contributed by atoms with van der Waals surface area (Å²) in [4.78, 5) is 21.4. The fourth-order valence-electron chi connectivity index (χ4n) is 5.06. The second-order valence-electron chi connectivity index (χ2n) is 10.0. The van der Waals surface area contributed by atoms with Crippen LogP contribution >= 0.6 is 0 Å². The number of alkyl halides is 1. The Morgan fingerprint density at radius 2 is 1.82 bits per heavy atom. The van der Waals surface area contributed by atoms with Crippen LogP contribution in [0.5, 0.6) is 0 Å². The van der Waals surface area contributed by atoms with Gasteiger partial charge in [-0.2, -0.15) is 0 Å². The highest BCUT2D eigenvalue weighted by Gasteiger charge is 2.35. The number of carbonyl (C=O) groups excluding carboxylic acids is 1. The van der Waals surface area contributed by atoms with Gasteiger partial charge in [-0.3, -0.25) is 14.8 Å². The number of benzene rings is 1. The van der Waals surface area contributed by atoms with E-state index in [1.54, 1.807) is 26.0 Å². The first-order chi connectivity index (χ1) is 15.6. The van der Waals surface area contributed by atoms with Crippen LogP contribution in [0.1, 0.15) is 43.6 Å². The summed E-state index contributed by atoms with van der Waals surface area (Å²) in [5.41, 5.74) is 1.47. The molecule has 1 aromatic carbocycles. The van der Waals surface area contributed by atoms with E-state index in [-0.39, 0.29) is 12.0 Å². The lowest BCUT2D eigenvalue weighted by molar-refractivity contribution is -0.00261. The second-order valence-corrected chi connectivity index (χ2v) is 10.0. The molecule has 33 heavy (non-hydrogen) atoms. The third kappa shape index (κ3) is 5.36. The van der Waals surface area contributed by atoms with Gasteiger partial charge in [0.2, 0.25) is 0 Å². The van der Waals surface area contributed by atoms with Crippen LogP contribution in [0.4, 0.5) is 4.39 Å². The van der Waals surface area contributed by atoms with Crippen LogP contribution in [0.15, 0.2) is 41.5 Å². The summed E-state index contributed by atoms with van der Waals surface area (Å²) in [5, 5.41) is 1.16. The van der Waals surface area contributed by atoms with Gasteiger partial charge < -0.3 is 9.30 Å². The van der Waals surface area contributed by atoms with Crippen molar-refractivity contribution in [2.24, 2.45) is 4.99 Å². The Hall–Kier alpha value is -2.51. The molecule has 1 aromatic heterocycles. The topological polar surface area (TPSA) is 50.1 Å². The monoisotopic (exact) mass is 454 g/mol. The standard InChI is InChI=1S/C26H35FN4O2/c1-18-14-30(15-19(2)31(18)17-26(3,4)27)23-12-22-10-11-29(24(22)28-13-23)16-20-6-8-21(9-7-20)25(32)33-5/h6-12,18-19,23H,13-17H2,1-5H3/t18-,19?,23?/m1/s1. The number of fused-ring (bicyclic) bond motifs is 1. The van der Waals surface area contributed by atoms with Crippen molar-refractivity contribution in [3.8, 4) is 0 Å². The summed E-state index contributed by atoms with van der Waals surface area (Å²) in [6, 6.07) is 10.5. The number of nitrogens with zero attached hydrogens (tertiary/aromatic N) is 4. The number of piperazine rings is 1. The Balaban J connectivity index is 1.46. The Labute approximate surface area is 195 Å². The van der Waals surface area contributed by atoms with Crippen molar-refractivity contribution in [1.29, 1.82) is 0 Å². The molecule has 0 N–H and O–H groups in total. The normalized spacial score (nSPS) is 24.0. The predicted molar refractivity (Wildman–Crippen MR) is 128 cm³/mol. The summed E-state index contributed by atoms with van der Waals surface area (Å²) in [6.45, 7) is 11.4. The maximum absolute atomic E-state index is 14.3. The molecule has 0 spiro atoms. The number of methoxy groups -OCH3 is 1. The zero-order valence-corrected chi connectivity index (χ0v) is 20.3. The van der Waals surface area contributed by atoms with Gasteiger partial charge in [0, 0.05) is 55.7 Å². The van der Waals surface area contributed by atoms with Crippen LogP contribution in [-0.2, 0) is 11.3 Å². The van der Waals surface area contributed by atoms with Crippen LogP contribution in [0.25, 0.3) is 6.08 Å². The van der Waals surface area contributed by atoms with E-state index in [1.165, 1.54) is 7.11 Å². The van der Waals surface area contributed by atoms with Crippen molar-refractivity contribution in [1.82, 2.24) is 14.4 Å². The number of halogens is 1. The van der Waals surface area contributed by atoms with Gasteiger partial charge >= 0.3 is 5.97 Å². The Bertz CT molecular complexity index is 1090. The van der Waals surface area contributed by atoms with E-state index in [0.29, 0.717) is 30.7 Å². The van der Waals surface area contributed by atoms with Crippen molar-refractivity contribution >= 4 is 12.0 Å². The molecule has 1 saturated heterocycles. The van der Waals surface area contributed by atoms with Crippen molar-refractivity contribution < 1.29 is 13.9 Å². The van der Waals surface area contributed by atoms with Gasteiger partial charge in [0.15, 0.2) is 0 Å². The van der Waals surface area contributed by atoms with Crippen LogP contribution in [0.2, 0.25) is 0 Å². The predicted octanol–water partition coefficient (Wildman–Crippen LogP) is 2.25. The van der Waals surface area contributed by atoms with Crippen LogP contribution < -0.4 is 10.7 Å². The average Bonchev–Trinajstić information content (AvgIpc) is 3.17. The van der Waals surface area contributed by atoms with E-state index in [1.807, 2.05) is 12.1 Å². The van der Waals surface area contributed by atoms with Gasteiger partial charge in [-0.05, 0) is 51.5 Å². The Kier molecular flexibility index (Phi) is 6.73. The lowest BCUT2D eigenvalue weighted by Crippen LogP contribution is -2.61. The van der Waals surface area contributed by atoms with Gasteiger partial charge in [0.25, 0.3) is 0 Å². The van der Waals surface area contributed by atoms with Gasteiger partial charge in [-0.1, -0.05) is 18.2 Å². The minimum Gasteiger partial charge on any atom is -0.465 e. The molecule has 178 valence electrons. The Morgan fingerprint density at radius 3 is 2.42 bits per heavy atom. The maximum atomic E-state index is 14.3. The third-order valence-corrected chi connectivity index (χ3v) is 6.65. The molecular weight excluding hydrogens is 419 g/mol. The minimum atomic E-state index is -1.19. The van der Waals surface area contributed by atoms with Crippen LogP contribution in [0, 0.1) is 0 Å². The molecule has 0 radical (unpaired) electrons. The molecule has 3 heterocycles. The van der Waals surface area contributed by atoms with E-state index in [4.69, 9.17) is 9.73 Å². The number of rotatable bonds is 6. The summed E-state index contributed by atoms with van der Waals surface area (Å²) in [7, 11) is 1.39. The quantitative estimate of drug-likeness (QED) is 0.629. The first kappa shape index (κ1) is 23.6. The number of aromatic nitrogens is 1. The van der Waals surface area contributed by atoms with E-state index in [0.717, 1.165) is 35.9 Å². The molecule has 0 aliphatic carbocycles. The van der Waals surface area contributed by atoms with E-state index in [2.05, 4.69) is 46.6 Å². The highest BCUT2D eigenvalue weighted by atomic mass is 19.1. The lowest BCUT2D eigenvalue weighted by Gasteiger charge is -2.47. The summed E-state index contributed by atoms with van der Waals surface area (Å²) >= 11 is 0. The van der Waals surface area contributed by atoms with Crippen molar-refractivity contribution in [2.45, 2.75) is 58.0 Å². The SMILES string of the molecule is COC(=O)c1ccc(Cn2ccc3c2=NCC(N2CC(C)N(CC(C)(C)F)[C@H](C)C2)C=3)cc1. The van der Waals surface area contributed by atoms with Crippen molar-refractivity contribution in [2.75, 3.05) is 33.3 Å². The third-order valence-electron chi connectivity index (χ3n) is 6.65. The molecule has 2 unspecified atom stereocenters. The highest BCUT2D eigenvalue weighted by molar-refractivity contribution is 5.89. The molecule has 0 bridgehead atoms. The largest absolute Gasteiger partial charge is 0.465 e. The van der Waals surface area contributed by atoms with Crippen LogP contribution in [-0.4, -0.2) is 77.4 Å². The van der Waals surface area contributed by atoms with Crippen molar-refractivity contribution in [3.05, 3.63) is 58.4 Å². The molecule has 3 atom stereocenters. The lowest BCUT2D eigenvalue weighted by atomic mass is 10.0. The zero-order valence-electron chi connectivity index (χ0n) is 20.3. The molecule has 7 heteroatoms. The molecule has 2 aliphatic rings. The molecule has 4 rings (SSSR count). The Morgan fingerprint density at radius 1 is 1.15 bits per heavy atom. The number of ether oxygens (including phenoxy) is 1.